The maximum absolute atomic E-state index is 12.4. The van der Waals surface area contributed by atoms with Gasteiger partial charge in [-0.3, -0.25) is 4.79 Å². The van der Waals surface area contributed by atoms with Crippen LogP contribution in [0.1, 0.15) is 48.9 Å². The summed E-state index contributed by atoms with van der Waals surface area (Å²) in [4.78, 5) is 12.4. The zero-order chi connectivity index (χ0) is 17.5. The molecule has 1 amide bonds. The average Bonchev–Trinajstić information content (AvgIpc) is 2.92. The molecule has 6 heteroatoms. The number of amides is 1. The molecule has 2 N–H and O–H groups in total. The van der Waals surface area contributed by atoms with Crippen LogP contribution < -0.4 is 15.4 Å². The van der Waals surface area contributed by atoms with Crippen LogP contribution in [0.25, 0.3) is 0 Å². The van der Waals surface area contributed by atoms with E-state index in [1.165, 1.54) is 38.5 Å². The van der Waals surface area contributed by atoms with Crippen molar-refractivity contribution in [1.29, 1.82) is 0 Å². The Labute approximate surface area is 148 Å². The van der Waals surface area contributed by atoms with Crippen molar-refractivity contribution in [2.45, 2.75) is 44.6 Å². The van der Waals surface area contributed by atoms with E-state index in [9.17, 15) is 4.79 Å². The van der Waals surface area contributed by atoms with Crippen molar-refractivity contribution in [3.05, 3.63) is 42.0 Å². The lowest BCUT2D eigenvalue weighted by Gasteiger charge is -2.16. The molecule has 3 rings (SSSR count). The predicted octanol–water partition coefficient (Wildman–Crippen LogP) is 3.87. The number of methoxy groups -OCH3 is 1. The Balaban J connectivity index is 1.61. The summed E-state index contributed by atoms with van der Waals surface area (Å²) in [5, 5.41) is 14.5. The Morgan fingerprint density at radius 3 is 2.36 bits per heavy atom. The molecule has 0 spiro atoms. The molecule has 1 aliphatic carbocycles. The largest absolute Gasteiger partial charge is 0.496 e. The third kappa shape index (κ3) is 4.68. The van der Waals surface area contributed by atoms with Crippen LogP contribution in [-0.2, 0) is 0 Å². The number of para-hydroxylation sites is 1. The minimum absolute atomic E-state index is 0.267. The van der Waals surface area contributed by atoms with E-state index in [0.29, 0.717) is 23.2 Å². The van der Waals surface area contributed by atoms with Crippen LogP contribution >= 0.6 is 0 Å². The monoisotopic (exact) mass is 340 g/mol. The molecule has 2 aromatic rings. The van der Waals surface area contributed by atoms with Crippen LogP contribution in [0.3, 0.4) is 0 Å². The van der Waals surface area contributed by atoms with Crippen molar-refractivity contribution in [2.75, 3.05) is 17.7 Å². The molecule has 0 aliphatic heterocycles. The van der Waals surface area contributed by atoms with Crippen molar-refractivity contribution in [1.82, 2.24) is 10.2 Å². The molecule has 1 aromatic heterocycles. The van der Waals surface area contributed by atoms with Gasteiger partial charge in [-0.1, -0.05) is 37.8 Å². The second-order valence-electron chi connectivity index (χ2n) is 6.29. The minimum atomic E-state index is -0.267. The first-order valence-electron chi connectivity index (χ1n) is 8.81. The van der Waals surface area contributed by atoms with E-state index in [0.717, 1.165) is 5.82 Å². The molecule has 132 valence electrons. The lowest BCUT2D eigenvalue weighted by atomic mass is 10.1. The molecule has 1 fully saturated rings. The molecule has 6 nitrogen and oxygen atoms in total. The molecule has 1 heterocycles. The first-order chi connectivity index (χ1) is 12.3. The standard InChI is InChI=1S/C19H24N4O2/c1-25-16-11-7-6-10-15(16)19(24)21-18-13-12-17(22-23-18)20-14-8-4-2-3-5-9-14/h6-7,10-14H,2-5,8-9H2,1H3,(H,20,22)(H,21,23,24). The minimum Gasteiger partial charge on any atom is -0.496 e. The highest BCUT2D eigenvalue weighted by atomic mass is 16.5. The number of rotatable bonds is 5. The van der Waals surface area contributed by atoms with Gasteiger partial charge in [0.25, 0.3) is 5.91 Å². The highest BCUT2D eigenvalue weighted by Crippen LogP contribution is 2.21. The number of aromatic nitrogens is 2. The Bertz CT molecular complexity index is 695. The number of hydrogen-bond acceptors (Lipinski definition) is 5. The summed E-state index contributed by atoms with van der Waals surface area (Å²) in [5.74, 6) is 1.43. The Hall–Kier alpha value is -2.63. The molecule has 0 saturated heterocycles. The predicted molar refractivity (Wildman–Crippen MR) is 98.1 cm³/mol. The number of ether oxygens (including phenoxy) is 1. The van der Waals surface area contributed by atoms with E-state index >= 15 is 0 Å². The zero-order valence-electron chi connectivity index (χ0n) is 14.5. The van der Waals surface area contributed by atoms with Crippen LogP contribution in [0, 0.1) is 0 Å². The summed E-state index contributed by atoms with van der Waals surface area (Å²) in [6, 6.07) is 11.2. The van der Waals surface area contributed by atoms with E-state index in [2.05, 4.69) is 20.8 Å². The van der Waals surface area contributed by atoms with E-state index in [-0.39, 0.29) is 5.91 Å². The summed E-state index contributed by atoms with van der Waals surface area (Å²) in [7, 11) is 1.54. The Morgan fingerprint density at radius 2 is 1.68 bits per heavy atom. The Morgan fingerprint density at radius 1 is 1.00 bits per heavy atom. The summed E-state index contributed by atoms with van der Waals surface area (Å²) in [6.45, 7) is 0. The number of benzene rings is 1. The van der Waals surface area contributed by atoms with Crippen LogP contribution in [-0.4, -0.2) is 29.3 Å². The van der Waals surface area contributed by atoms with E-state index in [1.54, 1.807) is 31.4 Å². The summed E-state index contributed by atoms with van der Waals surface area (Å²) in [6.07, 6.45) is 7.51. The SMILES string of the molecule is COc1ccccc1C(=O)Nc1ccc(NC2CCCCCC2)nn1. The van der Waals surface area contributed by atoms with Crippen LogP contribution in [0.15, 0.2) is 36.4 Å². The molecular formula is C19H24N4O2. The number of carbonyl (C=O) groups excluding carboxylic acids is 1. The van der Waals surface area contributed by atoms with Gasteiger partial charge < -0.3 is 15.4 Å². The van der Waals surface area contributed by atoms with Gasteiger partial charge in [0.2, 0.25) is 0 Å². The molecular weight excluding hydrogens is 316 g/mol. The molecule has 0 bridgehead atoms. The van der Waals surface area contributed by atoms with Crippen molar-refractivity contribution < 1.29 is 9.53 Å². The normalized spacial score (nSPS) is 15.2. The maximum atomic E-state index is 12.4. The lowest BCUT2D eigenvalue weighted by molar-refractivity contribution is 0.102. The summed E-state index contributed by atoms with van der Waals surface area (Å²) < 4.78 is 5.21. The van der Waals surface area contributed by atoms with Gasteiger partial charge in [0.05, 0.1) is 12.7 Å². The van der Waals surface area contributed by atoms with Gasteiger partial charge in [0.1, 0.15) is 11.6 Å². The molecule has 1 saturated carbocycles. The zero-order valence-corrected chi connectivity index (χ0v) is 14.5. The summed E-state index contributed by atoms with van der Waals surface area (Å²) in [5.41, 5.74) is 0.465. The Kier molecular flexibility index (Phi) is 5.82. The first kappa shape index (κ1) is 17.2. The van der Waals surface area contributed by atoms with Gasteiger partial charge in [-0.05, 0) is 37.1 Å². The lowest BCUT2D eigenvalue weighted by Crippen LogP contribution is -2.20. The average molecular weight is 340 g/mol. The third-order valence-corrected chi connectivity index (χ3v) is 4.46. The van der Waals surface area contributed by atoms with Crippen LogP contribution in [0.2, 0.25) is 0 Å². The molecule has 0 unspecified atom stereocenters. The van der Waals surface area contributed by atoms with Gasteiger partial charge >= 0.3 is 0 Å². The third-order valence-electron chi connectivity index (χ3n) is 4.46. The van der Waals surface area contributed by atoms with Gasteiger partial charge in [-0.15, -0.1) is 10.2 Å². The fraction of sp³-hybridized carbons (Fsp3) is 0.421. The first-order valence-corrected chi connectivity index (χ1v) is 8.81. The van der Waals surface area contributed by atoms with E-state index in [1.807, 2.05) is 12.1 Å². The quantitative estimate of drug-likeness (QED) is 0.808. The number of nitrogens with one attached hydrogen (secondary N) is 2. The molecule has 1 aromatic carbocycles. The van der Waals surface area contributed by atoms with Crippen LogP contribution in [0.4, 0.5) is 11.6 Å². The molecule has 25 heavy (non-hydrogen) atoms. The summed E-state index contributed by atoms with van der Waals surface area (Å²) >= 11 is 0. The van der Waals surface area contributed by atoms with Gasteiger partial charge in [-0.2, -0.15) is 0 Å². The van der Waals surface area contributed by atoms with Gasteiger partial charge in [-0.25, -0.2) is 0 Å². The molecule has 0 atom stereocenters. The van der Waals surface area contributed by atoms with E-state index in [4.69, 9.17) is 4.74 Å². The second-order valence-corrected chi connectivity index (χ2v) is 6.29. The number of hydrogen-bond donors (Lipinski definition) is 2. The van der Waals surface area contributed by atoms with Crippen molar-refractivity contribution >= 4 is 17.5 Å². The van der Waals surface area contributed by atoms with E-state index < -0.39 is 0 Å². The maximum Gasteiger partial charge on any atom is 0.260 e. The number of anilines is 2. The van der Waals surface area contributed by atoms with Crippen molar-refractivity contribution in [3.8, 4) is 5.75 Å². The number of carbonyl (C=O) groups is 1. The van der Waals surface area contributed by atoms with Crippen molar-refractivity contribution in [3.63, 3.8) is 0 Å². The molecule has 1 aliphatic rings. The number of nitrogens with zero attached hydrogens (tertiary/aromatic N) is 2. The highest BCUT2D eigenvalue weighted by molar-refractivity contribution is 6.05. The topological polar surface area (TPSA) is 76.1 Å². The van der Waals surface area contributed by atoms with Gasteiger partial charge in [0.15, 0.2) is 5.82 Å². The fourth-order valence-electron chi connectivity index (χ4n) is 3.12. The highest BCUT2D eigenvalue weighted by Gasteiger charge is 2.14. The van der Waals surface area contributed by atoms with Crippen LogP contribution in [0.5, 0.6) is 5.75 Å². The van der Waals surface area contributed by atoms with Crippen molar-refractivity contribution in [2.24, 2.45) is 0 Å². The fourth-order valence-corrected chi connectivity index (χ4v) is 3.12. The van der Waals surface area contributed by atoms with Gasteiger partial charge in [0, 0.05) is 6.04 Å². The molecule has 0 radical (unpaired) electrons. The second kappa shape index (κ2) is 8.46. The smallest absolute Gasteiger partial charge is 0.260 e.